The van der Waals surface area contributed by atoms with Gasteiger partial charge in [0.1, 0.15) is 10.6 Å². The number of thiophene rings is 1. The molecule has 8 heteroatoms. The van der Waals surface area contributed by atoms with Gasteiger partial charge in [0.25, 0.3) is 5.56 Å². The zero-order chi connectivity index (χ0) is 16.4. The van der Waals surface area contributed by atoms with Crippen molar-refractivity contribution in [3.05, 3.63) is 45.5 Å². The minimum absolute atomic E-state index is 0.151. The normalized spacial score (nSPS) is 11.2. The summed E-state index contributed by atoms with van der Waals surface area (Å²) in [6.45, 7) is 2.25. The lowest BCUT2D eigenvalue weighted by atomic mass is 10.3. The minimum Gasteiger partial charge on any atom is -0.481 e. The third-order valence-electron chi connectivity index (χ3n) is 3.23. The third kappa shape index (κ3) is 3.32. The maximum absolute atomic E-state index is 12.8. The van der Waals surface area contributed by atoms with E-state index in [1.54, 1.807) is 12.1 Å². The van der Waals surface area contributed by atoms with Crippen LogP contribution in [0.2, 0.25) is 0 Å². The molecule has 0 aromatic carbocycles. The maximum Gasteiger partial charge on any atom is 0.313 e. The van der Waals surface area contributed by atoms with Gasteiger partial charge in [0.2, 0.25) is 0 Å². The van der Waals surface area contributed by atoms with E-state index in [4.69, 9.17) is 9.52 Å². The van der Waals surface area contributed by atoms with E-state index >= 15 is 0 Å². The lowest BCUT2D eigenvalue weighted by Gasteiger charge is -2.09. The highest BCUT2D eigenvalue weighted by Crippen LogP contribution is 2.25. The van der Waals surface area contributed by atoms with Crippen molar-refractivity contribution >= 4 is 39.3 Å². The Kier molecular flexibility index (Phi) is 4.53. The molecular weight excluding hydrogens is 336 g/mol. The second-order valence-corrected chi connectivity index (χ2v) is 6.89. The van der Waals surface area contributed by atoms with Crippen LogP contribution in [0.25, 0.3) is 10.2 Å². The monoisotopic (exact) mass is 350 g/mol. The number of hydrogen-bond acceptors (Lipinski definition) is 6. The molecule has 1 N–H and O–H groups in total. The molecule has 0 fully saturated rings. The van der Waals surface area contributed by atoms with Crippen molar-refractivity contribution in [2.75, 3.05) is 5.75 Å². The molecule has 0 spiro atoms. The standard InChI is InChI=1S/C15H14N2O4S2/c1-2-10-6-11-13(23-10)16-15(22-8-12(18)19)17(14(11)20)7-9-4-3-5-21-9/h3-6H,2,7-8H2,1H3,(H,18,19). The quantitative estimate of drug-likeness (QED) is 0.543. The van der Waals surface area contributed by atoms with E-state index in [-0.39, 0.29) is 17.9 Å². The van der Waals surface area contributed by atoms with Gasteiger partial charge in [0, 0.05) is 4.88 Å². The Hall–Kier alpha value is -2.06. The van der Waals surface area contributed by atoms with Crippen LogP contribution in [0.1, 0.15) is 17.6 Å². The topological polar surface area (TPSA) is 85.3 Å². The number of thioether (sulfide) groups is 1. The van der Waals surface area contributed by atoms with Gasteiger partial charge in [-0.05, 0) is 24.6 Å². The molecule has 0 atom stereocenters. The molecule has 0 bridgehead atoms. The van der Waals surface area contributed by atoms with Crippen molar-refractivity contribution in [2.24, 2.45) is 0 Å². The van der Waals surface area contributed by atoms with Gasteiger partial charge in [-0.15, -0.1) is 11.3 Å². The first-order valence-corrected chi connectivity index (χ1v) is 8.79. The zero-order valence-corrected chi connectivity index (χ0v) is 13.9. The molecule has 3 aromatic heterocycles. The van der Waals surface area contributed by atoms with Crippen LogP contribution in [0.5, 0.6) is 0 Å². The summed E-state index contributed by atoms with van der Waals surface area (Å²) >= 11 is 2.51. The van der Waals surface area contributed by atoms with Crippen molar-refractivity contribution in [2.45, 2.75) is 25.0 Å². The number of carbonyl (C=O) groups is 1. The molecule has 3 heterocycles. The van der Waals surface area contributed by atoms with Gasteiger partial charge < -0.3 is 9.52 Å². The van der Waals surface area contributed by atoms with Gasteiger partial charge in [-0.1, -0.05) is 18.7 Å². The summed E-state index contributed by atoms with van der Waals surface area (Å²) in [6.07, 6.45) is 2.37. The number of carboxylic acids is 1. The van der Waals surface area contributed by atoms with Crippen molar-refractivity contribution in [1.29, 1.82) is 0 Å². The van der Waals surface area contributed by atoms with E-state index in [1.807, 2.05) is 13.0 Å². The smallest absolute Gasteiger partial charge is 0.313 e. The molecule has 0 aliphatic heterocycles. The molecule has 120 valence electrons. The fourth-order valence-electron chi connectivity index (χ4n) is 2.16. The van der Waals surface area contributed by atoms with E-state index in [2.05, 4.69) is 4.98 Å². The van der Waals surface area contributed by atoms with Gasteiger partial charge in [0.15, 0.2) is 5.16 Å². The fraction of sp³-hybridized carbons (Fsp3) is 0.267. The minimum atomic E-state index is -0.950. The van der Waals surface area contributed by atoms with Crippen molar-refractivity contribution in [3.8, 4) is 0 Å². The number of carboxylic acid groups (broad SMARTS) is 1. The van der Waals surface area contributed by atoms with Crippen LogP contribution in [-0.4, -0.2) is 26.4 Å². The first kappa shape index (κ1) is 15.8. The molecule has 3 rings (SSSR count). The van der Waals surface area contributed by atoms with E-state index < -0.39 is 5.97 Å². The van der Waals surface area contributed by atoms with E-state index in [0.29, 0.717) is 21.1 Å². The number of rotatable bonds is 6. The summed E-state index contributed by atoms with van der Waals surface area (Å²) < 4.78 is 6.77. The van der Waals surface area contributed by atoms with Gasteiger partial charge in [-0.3, -0.25) is 14.2 Å². The number of furan rings is 1. The molecule has 0 unspecified atom stereocenters. The second kappa shape index (κ2) is 6.59. The molecule has 0 aliphatic rings. The highest BCUT2D eigenvalue weighted by atomic mass is 32.2. The van der Waals surface area contributed by atoms with Crippen molar-refractivity contribution in [3.63, 3.8) is 0 Å². The Labute approximate surface area is 139 Å². The maximum atomic E-state index is 12.8. The van der Waals surface area contributed by atoms with E-state index in [0.717, 1.165) is 23.1 Å². The van der Waals surface area contributed by atoms with Crippen molar-refractivity contribution in [1.82, 2.24) is 9.55 Å². The molecule has 0 aliphatic carbocycles. The molecule has 0 saturated carbocycles. The van der Waals surface area contributed by atoms with Gasteiger partial charge in [-0.2, -0.15) is 0 Å². The summed E-state index contributed by atoms with van der Waals surface area (Å²) in [6, 6.07) is 5.38. The molecule has 0 saturated heterocycles. The molecule has 3 aromatic rings. The van der Waals surface area contributed by atoms with Crippen molar-refractivity contribution < 1.29 is 14.3 Å². The Morgan fingerprint density at radius 3 is 3.00 bits per heavy atom. The van der Waals surface area contributed by atoms with Gasteiger partial charge >= 0.3 is 5.97 Å². The summed E-state index contributed by atoms with van der Waals surface area (Å²) in [5, 5.41) is 9.86. The average molecular weight is 350 g/mol. The highest BCUT2D eigenvalue weighted by Gasteiger charge is 2.16. The van der Waals surface area contributed by atoms with Gasteiger partial charge in [-0.25, -0.2) is 4.98 Å². The third-order valence-corrected chi connectivity index (χ3v) is 5.37. The number of hydrogen-bond donors (Lipinski definition) is 1. The van der Waals surface area contributed by atoms with Gasteiger partial charge in [0.05, 0.1) is 23.9 Å². The number of aryl methyl sites for hydroxylation is 1. The predicted octanol–water partition coefficient (Wildman–Crippen LogP) is 2.84. The lowest BCUT2D eigenvalue weighted by molar-refractivity contribution is -0.133. The molecule has 23 heavy (non-hydrogen) atoms. The SMILES string of the molecule is CCc1cc2c(=O)n(Cc3ccco3)c(SCC(=O)O)nc2s1. The Morgan fingerprint density at radius 2 is 2.35 bits per heavy atom. The van der Waals surface area contributed by atoms with Crippen LogP contribution in [0.4, 0.5) is 0 Å². The first-order valence-electron chi connectivity index (χ1n) is 6.98. The number of aliphatic carboxylic acids is 1. The van der Waals surface area contributed by atoms with E-state index in [1.165, 1.54) is 22.2 Å². The molecule has 6 nitrogen and oxygen atoms in total. The summed E-state index contributed by atoms with van der Waals surface area (Å²) in [5.74, 6) is -0.479. The Balaban J connectivity index is 2.11. The Bertz CT molecular complexity index is 896. The lowest BCUT2D eigenvalue weighted by Crippen LogP contribution is -2.23. The number of fused-ring (bicyclic) bond motifs is 1. The Morgan fingerprint density at radius 1 is 1.52 bits per heavy atom. The zero-order valence-electron chi connectivity index (χ0n) is 12.3. The second-order valence-electron chi connectivity index (χ2n) is 4.83. The van der Waals surface area contributed by atoms with Crippen LogP contribution in [-0.2, 0) is 17.8 Å². The first-order chi connectivity index (χ1) is 11.1. The van der Waals surface area contributed by atoms with Crippen LogP contribution in [0.15, 0.2) is 38.8 Å². The molecule has 0 amide bonds. The summed E-state index contributed by atoms with van der Waals surface area (Å²) in [4.78, 5) is 29.8. The largest absolute Gasteiger partial charge is 0.481 e. The van der Waals surface area contributed by atoms with Crippen LogP contribution in [0, 0.1) is 0 Å². The summed E-state index contributed by atoms with van der Waals surface area (Å²) in [7, 11) is 0. The number of aromatic nitrogens is 2. The average Bonchev–Trinajstić information content (AvgIpc) is 3.17. The van der Waals surface area contributed by atoms with Crippen LogP contribution in [0.3, 0.4) is 0 Å². The highest BCUT2D eigenvalue weighted by molar-refractivity contribution is 7.99. The molecule has 0 radical (unpaired) electrons. The summed E-state index contributed by atoms with van der Waals surface area (Å²) in [5.41, 5.74) is -0.171. The van der Waals surface area contributed by atoms with Crippen LogP contribution < -0.4 is 5.56 Å². The molecular formula is C15H14N2O4S2. The van der Waals surface area contributed by atoms with E-state index in [9.17, 15) is 9.59 Å². The fourth-order valence-corrected chi connectivity index (χ4v) is 3.88. The number of nitrogens with zero attached hydrogens (tertiary/aromatic N) is 2. The van der Waals surface area contributed by atoms with Crippen LogP contribution >= 0.6 is 23.1 Å². The predicted molar refractivity (Wildman–Crippen MR) is 89.4 cm³/mol.